The first kappa shape index (κ1) is 15.2. The number of hydrogen-bond acceptors (Lipinski definition) is 1. The van der Waals surface area contributed by atoms with Gasteiger partial charge in [-0.05, 0) is 48.2 Å². The molecule has 0 radical (unpaired) electrons. The SMILES string of the molecule is Fc1cc(Br)ccc1C1CCNCC1c1ccccc1Br. The summed E-state index contributed by atoms with van der Waals surface area (Å²) in [7, 11) is 0. The lowest BCUT2D eigenvalue weighted by molar-refractivity contribution is 0.392. The zero-order valence-corrected chi connectivity index (χ0v) is 14.6. The summed E-state index contributed by atoms with van der Waals surface area (Å²) in [5.74, 6) is 0.372. The number of halogens is 3. The van der Waals surface area contributed by atoms with Crippen LogP contribution in [0.3, 0.4) is 0 Å². The molecule has 2 unspecified atom stereocenters. The Kier molecular flexibility index (Phi) is 4.77. The van der Waals surface area contributed by atoms with Crippen LogP contribution in [0.15, 0.2) is 51.4 Å². The van der Waals surface area contributed by atoms with Gasteiger partial charge in [0.1, 0.15) is 5.82 Å². The van der Waals surface area contributed by atoms with Gasteiger partial charge in [0.05, 0.1) is 0 Å². The average Bonchev–Trinajstić information content (AvgIpc) is 2.48. The van der Waals surface area contributed by atoms with Crippen molar-refractivity contribution in [2.45, 2.75) is 18.3 Å². The molecule has 0 bridgehead atoms. The van der Waals surface area contributed by atoms with Crippen LogP contribution in [-0.2, 0) is 0 Å². The van der Waals surface area contributed by atoms with Gasteiger partial charge in [0.25, 0.3) is 0 Å². The van der Waals surface area contributed by atoms with E-state index in [9.17, 15) is 4.39 Å². The smallest absolute Gasteiger partial charge is 0.127 e. The van der Waals surface area contributed by atoms with Crippen LogP contribution in [0.5, 0.6) is 0 Å². The van der Waals surface area contributed by atoms with Crippen molar-refractivity contribution in [3.05, 3.63) is 68.4 Å². The summed E-state index contributed by atoms with van der Waals surface area (Å²) in [5, 5.41) is 3.44. The minimum absolute atomic E-state index is 0.117. The molecule has 0 saturated carbocycles. The highest BCUT2D eigenvalue weighted by Crippen LogP contribution is 2.41. The second kappa shape index (κ2) is 6.59. The highest BCUT2D eigenvalue weighted by atomic mass is 79.9. The van der Waals surface area contributed by atoms with E-state index in [1.54, 1.807) is 6.07 Å². The average molecular weight is 413 g/mol. The highest BCUT2D eigenvalue weighted by molar-refractivity contribution is 9.10. The third-order valence-electron chi connectivity index (χ3n) is 4.15. The Labute approximate surface area is 141 Å². The van der Waals surface area contributed by atoms with Crippen LogP contribution in [0.2, 0.25) is 0 Å². The molecule has 2 aromatic carbocycles. The van der Waals surface area contributed by atoms with E-state index in [4.69, 9.17) is 0 Å². The molecule has 0 spiro atoms. The summed E-state index contributed by atoms with van der Waals surface area (Å²) in [5.41, 5.74) is 2.07. The van der Waals surface area contributed by atoms with Gasteiger partial charge >= 0.3 is 0 Å². The minimum atomic E-state index is -0.117. The predicted octanol–water partition coefficient (Wildman–Crippen LogP) is 5.21. The maximum Gasteiger partial charge on any atom is 0.127 e. The summed E-state index contributed by atoms with van der Waals surface area (Å²) < 4.78 is 16.2. The zero-order chi connectivity index (χ0) is 14.8. The van der Waals surface area contributed by atoms with E-state index in [2.05, 4.69) is 49.3 Å². The van der Waals surface area contributed by atoms with Crippen LogP contribution in [0.25, 0.3) is 0 Å². The van der Waals surface area contributed by atoms with Crippen LogP contribution in [-0.4, -0.2) is 13.1 Å². The Balaban J connectivity index is 2.00. The number of hydrogen-bond donors (Lipinski definition) is 1. The first-order valence-corrected chi connectivity index (χ1v) is 8.65. The second-order valence-electron chi connectivity index (χ2n) is 5.39. The Morgan fingerprint density at radius 3 is 2.57 bits per heavy atom. The fraction of sp³-hybridized carbons (Fsp3) is 0.294. The van der Waals surface area contributed by atoms with Crippen molar-refractivity contribution < 1.29 is 4.39 Å². The quantitative estimate of drug-likeness (QED) is 0.713. The molecule has 110 valence electrons. The molecule has 1 aliphatic rings. The lowest BCUT2D eigenvalue weighted by atomic mass is 9.77. The van der Waals surface area contributed by atoms with Gasteiger partial charge in [-0.15, -0.1) is 0 Å². The van der Waals surface area contributed by atoms with Gasteiger partial charge in [0.15, 0.2) is 0 Å². The molecular weight excluding hydrogens is 397 g/mol. The van der Waals surface area contributed by atoms with Crippen molar-refractivity contribution >= 4 is 31.9 Å². The molecule has 1 nitrogen and oxygen atoms in total. The molecule has 1 saturated heterocycles. The first-order valence-electron chi connectivity index (χ1n) is 7.07. The van der Waals surface area contributed by atoms with E-state index < -0.39 is 0 Å². The third-order valence-corrected chi connectivity index (χ3v) is 5.36. The monoisotopic (exact) mass is 411 g/mol. The number of piperidine rings is 1. The largest absolute Gasteiger partial charge is 0.316 e. The molecule has 3 rings (SSSR count). The molecule has 1 heterocycles. The van der Waals surface area contributed by atoms with Crippen molar-refractivity contribution in [2.75, 3.05) is 13.1 Å². The van der Waals surface area contributed by atoms with E-state index >= 15 is 0 Å². The van der Waals surface area contributed by atoms with Crippen LogP contribution in [0, 0.1) is 5.82 Å². The van der Waals surface area contributed by atoms with Gasteiger partial charge in [-0.25, -0.2) is 4.39 Å². The lowest BCUT2D eigenvalue weighted by Gasteiger charge is -2.33. The molecule has 2 atom stereocenters. The van der Waals surface area contributed by atoms with Gasteiger partial charge in [-0.2, -0.15) is 0 Å². The normalized spacial score (nSPS) is 22.2. The Morgan fingerprint density at radius 2 is 1.81 bits per heavy atom. The first-order chi connectivity index (χ1) is 10.2. The minimum Gasteiger partial charge on any atom is -0.316 e. The second-order valence-corrected chi connectivity index (χ2v) is 7.16. The predicted molar refractivity (Wildman–Crippen MR) is 91.2 cm³/mol. The van der Waals surface area contributed by atoms with Gasteiger partial charge in [-0.3, -0.25) is 0 Å². The number of rotatable bonds is 2. The molecule has 4 heteroatoms. The molecule has 0 aliphatic carbocycles. The topological polar surface area (TPSA) is 12.0 Å². The van der Waals surface area contributed by atoms with Crippen LogP contribution < -0.4 is 5.32 Å². The molecule has 1 N–H and O–H groups in total. The molecule has 0 amide bonds. The van der Waals surface area contributed by atoms with E-state index in [0.29, 0.717) is 0 Å². The highest BCUT2D eigenvalue weighted by Gasteiger charge is 2.30. The van der Waals surface area contributed by atoms with Gasteiger partial charge in [0, 0.05) is 21.4 Å². The van der Waals surface area contributed by atoms with Gasteiger partial charge in [-0.1, -0.05) is 56.1 Å². The fourth-order valence-corrected chi connectivity index (χ4v) is 4.05. The van der Waals surface area contributed by atoms with Crippen molar-refractivity contribution in [3.8, 4) is 0 Å². The number of nitrogens with one attached hydrogen (secondary N) is 1. The summed E-state index contributed by atoms with van der Waals surface area (Å²) in [6.07, 6.45) is 0.949. The van der Waals surface area contributed by atoms with E-state index in [0.717, 1.165) is 34.0 Å². The van der Waals surface area contributed by atoms with Gasteiger partial charge < -0.3 is 5.32 Å². The summed E-state index contributed by atoms with van der Waals surface area (Å²) in [6.45, 7) is 1.81. The van der Waals surface area contributed by atoms with Crippen molar-refractivity contribution in [1.82, 2.24) is 5.32 Å². The van der Waals surface area contributed by atoms with Crippen LogP contribution in [0.1, 0.15) is 29.4 Å². The van der Waals surface area contributed by atoms with Crippen LogP contribution >= 0.6 is 31.9 Å². The Bertz CT molecular complexity index is 644. The summed E-state index contributed by atoms with van der Waals surface area (Å²) >= 11 is 6.97. The van der Waals surface area contributed by atoms with E-state index in [1.165, 1.54) is 5.56 Å². The van der Waals surface area contributed by atoms with Crippen molar-refractivity contribution in [2.24, 2.45) is 0 Å². The van der Waals surface area contributed by atoms with E-state index in [1.807, 2.05) is 24.3 Å². The van der Waals surface area contributed by atoms with Crippen molar-refractivity contribution in [1.29, 1.82) is 0 Å². The summed E-state index contributed by atoms with van der Waals surface area (Å²) in [6, 6.07) is 13.7. The molecule has 1 fully saturated rings. The third kappa shape index (κ3) is 3.22. The van der Waals surface area contributed by atoms with Crippen LogP contribution in [0.4, 0.5) is 4.39 Å². The standard InChI is InChI=1S/C17H16Br2FN/c18-11-5-6-14(17(20)9-11)12-7-8-21-10-15(12)13-3-1-2-4-16(13)19/h1-6,9,12,15,21H,7-8,10H2. The maximum absolute atomic E-state index is 14.4. The lowest BCUT2D eigenvalue weighted by Crippen LogP contribution is -2.34. The fourth-order valence-electron chi connectivity index (χ4n) is 3.14. The Hall–Kier alpha value is -0.710. The number of benzene rings is 2. The molecular formula is C17H16Br2FN. The van der Waals surface area contributed by atoms with Gasteiger partial charge in [0.2, 0.25) is 0 Å². The zero-order valence-electron chi connectivity index (χ0n) is 11.5. The molecule has 2 aromatic rings. The molecule has 21 heavy (non-hydrogen) atoms. The maximum atomic E-state index is 14.4. The van der Waals surface area contributed by atoms with E-state index in [-0.39, 0.29) is 17.7 Å². The molecule has 1 aliphatic heterocycles. The van der Waals surface area contributed by atoms with Crippen molar-refractivity contribution in [3.63, 3.8) is 0 Å². The Morgan fingerprint density at radius 1 is 1.00 bits per heavy atom. The summed E-state index contributed by atoms with van der Waals surface area (Å²) in [4.78, 5) is 0. The molecule has 0 aromatic heterocycles.